The highest BCUT2D eigenvalue weighted by atomic mass is 32.1. The lowest BCUT2D eigenvalue weighted by molar-refractivity contribution is -0.116. The third kappa shape index (κ3) is 4.93. The molecule has 0 aliphatic rings. The summed E-state index contributed by atoms with van der Waals surface area (Å²) in [6.45, 7) is 7.95. The van der Waals surface area contributed by atoms with Crippen molar-refractivity contribution in [1.29, 1.82) is 0 Å². The van der Waals surface area contributed by atoms with Crippen LogP contribution in [-0.2, 0) is 4.79 Å². The Labute approximate surface area is 140 Å². The van der Waals surface area contributed by atoms with Gasteiger partial charge in [0.05, 0.1) is 5.56 Å². The Morgan fingerprint density at radius 1 is 1.04 bits per heavy atom. The second kappa shape index (κ2) is 7.42. The topological polar surface area (TPSA) is 58.2 Å². The number of hydrogen-bond acceptors (Lipinski definition) is 3. The first kappa shape index (κ1) is 17.2. The third-order valence-corrected chi connectivity index (χ3v) is 4.27. The van der Waals surface area contributed by atoms with Crippen LogP contribution in [0.5, 0.6) is 0 Å². The number of hydrogen-bond donors (Lipinski definition) is 2. The Balaban J connectivity index is 1.98. The minimum Gasteiger partial charge on any atom is -0.326 e. The molecule has 0 saturated carbocycles. The van der Waals surface area contributed by atoms with E-state index in [0.29, 0.717) is 23.6 Å². The summed E-state index contributed by atoms with van der Waals surface area (Å²) in [5, 5.41) is 5.73. The van der Waals surface area contributed by atoms with Crippen LogP contribution in [0, 0.1) is 19.8 Å². The van der Waals surface area contributed by atoms with Gasteiger partial charge in [0, 0.05) is 27.5 Å². The number of rotatable bonds is 5. The molecular weight excluding hydrogens is 308 g/mol. The van der Waals surface area contributed by atoms with Crippen LogP contribution >= 0.6 is 11.3 Å². The molecule has 0 fully saturated rings. The zero-order valence-electron chi connectivity index (χ0n) is 13.9. The molecule has 0 radical (unpaired) electrons. The normalized spacial score (nSPS) is 10.7. The number of aryl methyl sites for hydroxylation is 2. The number of anilines is 2. The van der Waals surface area contributed by atoms with Gasteiger partial charge >= 0.3 is 0 Å². The fourth-order valence-electron chi connectivity index (χ4n) is 2.27. The predicted molar refractivity (Wildman–Crippen MR) is 96.3 cm³/mol. The quantitative estimate of drug-likeness (QED) is 0.841. The van der Waals surface area contributed by atoms with Gasteiger partial charge in [-0.25, -0.2) is 0 Å². The lowest BCUT2D eigenvalue weighted by Crippen LogP contribution is -2.14. The summed E-state index contributed by atoms with van der Waals surface area (Å²) in [6, 6.07) is 9.06. The van der Waals surface area contributed by atoms with E-state index in [1.165, 1.54) is 0 Å². The maximum atomic E-state index is 12.3. The van der Waals surface area contributed by atoms with Gasteiger partial charge in [-0.05, 0) is 50.1 Å². The van der Waals surface area contributed by atoms with E-state index in [0.717, 1.165) is 15.4 Å². The van der Waals surface area contributed by atoms with Gasteiger partial charge in [0.1, 0.15) is 0 Å². The van der Waals surface area contributed by atoms with Crippen molar-refractivity contribution in [1.82, 2.24) is 0 Å². The fourth-order valence-corrected chi connectivity index (χ4v) is 3.20. The van der Waals surface area contributed by atoms with E-state index in [1.807, 2.05) is 33.8 Å². The van der Waals surface area contributed by atoms with Gasteiger partial charge in [-0.1, -0.05) is 13.8 Å². The number of benzene rings is 1. The van der Waals surface area contributed by atoms with Crippen molar-refractivity contribution in [2.24, 2.45) is 5.92 Å². The number of carbonyl (C=O) groups is 2. The standard InChI is InChI=1S/C18H22N2O2S/c1-11(2)9-17(21)19-14-5-7-15(8-6-14)20-18(22)16-10-12(3)23-13(16)4/h5-8,10-11H,9H2,1-4H3,(H,19,21)(H,20,22). The Hall–Kier alpha value is -2.14. The summed E-state index contributed by atoms with van der Waals surface area (Å²) >= 11 is 1.61. The zero-order chi connectivity index (χ0) is 17.0. The molecule has 2 aromatic rings. The first-order valence-corrected chi connectivity index (χ1v) is 8.45. The smallest absolute Gasteiger partial charge is 0.256 e. The predicted octanol–water partition coefficient (Wildman–Crippen LogP) is 4.60. The van der Waals surface area contributed by atoms with Crippen molar-refractivity contribution in [3.8, 4) is 0 Å². The maximum absolute atomic E-state index is 12.3. The van der Waals surface area contributed by atoms with Gasteiger partial charge in [0.2, 0.25) is 5.91 Å². The minimum atomic E-state index is -0.108. The Kier molecular flexibility index (Phi) is 5.55. The second-order valence-electron chi connectivity index (χ2n) is 6.00. The molecule has 0 unspecified atom stereocenters. The van der Waals surface area contributed by atoms with Gasteiger partial charge < -0.3 is 10.6 Å². The molecule has 1 heterocycles. The summed E-state index contributed by atoms with van der Waals surface area (Å²) in [4.78, 5) is 26.1. The molecule has 1 aromatic heterocycles. The summed E-state index contributed by atoms with van der Waals surface area (Å²) in [5.41, 5.74) is 2.15. The number of carbonyl (C=O) groups excluding carboxylic acids is 2. The molecule has 4 nitrogen and oxygen atoms in total. The first-order valence-electron chi connectivity index (χ1n) is 7.63. The van der Waals surface area contributed by atoms with Crippen molar-refractivity contribution >= 4 is 34.5 Å². The molecule has 0 atom stereocenters. The zero-order valence-corrected chi connectivity index (χ0v) is 14.7. The van der Waals surface area contributed by atoms with Crippen LogP contribution in [0.4, 0.5) is 11.4 Å². The second-order valence-corrected chi connectivity index (χ2v) is 7.46. The molecule has 0 aliphatic heterocycles. The number of amides is 2. The monoisotopic (exact) mass is 330 g/mol. The van der Waals surface area contributed by atoms with E-state index in [1.54, 1.807) is 35.6 Å². The molecule has 23 heavy (non-hydrogen) atoms. The average molecular weight is 330 g/mol. The number of thiophene rings is 1. The molecule has 2 amide bonds. The lowest BCUT2D eigenvalue weighted by Gasteiger charge is -2.09. The molecular formula is C18H22N2O2S. The van der Waals surface area contributed by atoms with E-state index in [2.05, 4.69) is 10.6 Å². The molecule has 2 N–H and O–H groups in total. The van der Waals surface area contributed by atoms with Crippen molar-refractivity contribution in [3.05, 3.63) is 45.6 Å². The van der Waals surface area contributed by atoms with Crippen LogP contribution in [-0.4, -0.2) is 11.8 Å². The largest absolute Gasteiger partial charge is 0.326 e. The van der Waals surface area contributed by atoms with E-state index < -0.39 is 0 Å². The number of nitrogens with one attached hydrogen (secondary N) is 2. The van der Waals surface area contributed by atoms with Crippen molar-refractivity contribution in [3.63, 3.8) is 0 Å². The van der Waals surface area contributed by atoms with Crippen LogP contribution in [0.3, 0.4) is 0 Å². The highest BCUT2D eigenvalue weighted by molar-refractivity contribution is 7.12. The minimum absolute atomic E-state index is 0.00107. The fraction of sp³-hybridized carbons (Fsp3) is 0.333. The summed E-state index contributed by atoms with van der Waals surface area (Å²) in [5.74, 6) is 0.218. The van der Waals surface area contributed by atoms with Gasteiger partial charge in [-0.15, -0.1) is 11.3 Å². The first-order chi connectivity index (χ1) is 10.8. The summed E-state index contributed by atoms with van der Waals surface area (Å²) < 4.78 is 0. The van der Waals surface area contributed by atoms with Gasteiger partial charge in [0.25, 0.3) is 5.91 Å². The van der Waals surface area contributed by atoms with Gasteiger partial charge in [0.15, 0.2) is 0 Å². The molecule has 0 aliphatic carbocycles. The molecule has 1 aromatic carbocycles. The van der Waals surface area contributed by atoms with Crippen molar-refractivity contribution < 1.29 is 9.59 Å². The van der Waals surface area contributed by atoms with Crippen LogP contribution in [0.2, 0.25) is 0 Å². The molecule has 2 rings (SSSR count). The van der Waals surface area contributed by atoms with E-state index in [-0.39, 0.29) is 11.8 Å². The van der Waals surface area contributed by atoms with Crippen LogP contribution in [0.15, 0.2) is 30.3 Å². The maximum Gasteiger partial charge on any atom is 0.256 e. The highest BCUT2D eigenvalue weighted by Gasteiger charge is 2.12. The summed E-state index contributed by atoms with van der Waals surface area (Å²) in [6.07, 6.45) is 0.495. The third-order valence-electron chi connectivity index (χ3n) is 3.31. The Morgan fingerprint density at radius 2 is 1.61 bits per heavy atom. The molecule has 0 bridgehead atoms. The molecule has 122 valence electrons. The van der Waals surface area contributed by atoms with E-state index in [4.69, 9.17) is 0 Å². The highest BCUT2D eigenvalue weighted by Crippen LogP contribution is 2.22. The van der Waals surface area contributed by atoms with E-state index in [9.17, 15) is 9.59 Å². The Morgan fingerprint density at radius 3 is 2.09 bits per heavy atom. The Bertz CT molecular complexity index is 702. The molecule has 0 saturated heterocycles. The molecule has 0 spiro atoms. The van der Waals surface area contributed by atoms with Gasteiger partial charge in [-0.3, -0.25) is 9.59 Å². The van der Waals surface area contributed by atoms with Crippen LogP contribution in [0.1, 0.15) is 40.4 Å². The van der Waals surface area contributed by atoms with Crippen LogP contribution < -0.4 is 10.6 Å². The van der Waals surface area contributed by atoms with Crippen LogP contribution in [0.25, 0.3) is 0 Å². The van der Waals surface area contributed by atoms with Crippen molar-refractivity contribution in [2.75, 3.05) is 10.6 Å². The SMILES string of the molecule is Cc1cc(C(=O)Nc2ccc(NC(=O)CC(C)C)cc2)c(C)s1. The lowest BCUT2D eigenvalue weighted by atomic mass is 10.1. The van der Waals surface area contributed by atoms with Gasteiger partial charge in [-0.2, -0.15) is 0 Å². The molecule has 5 heteroatoms. The van der Waals surface area contributed by atoms with Crippen molar-refractivity contribution in [2.45, 2.75) is 34.1 Å². The average Bonchev–Trinajstić information content (AvgIpc) is 2.79. The summed E-state index contributed by atoms with van der Waals surface area (Å²) in [7, 11) is 0. The van der Waals surface area contributed by atoms with E-state index >= 15 is 0 Å².